The van der Waals surface area contributed by atoms with Gasteiger partial charge < -0.3 is 4.74 Å². The molecule has 3 nitrogen and oxygen atoms in total. The Kier molecular flexibility index (Phi) is 7.41. The summed E-state index contributed by atoms with van der Waals surface area (Å²) in [6.07, 6.45) is 3.64. The summed E-state index contributed by atoms with van der Waals surface area (Å²) in [6.45, 7) is 12.0. The molecule has 17 heavy (non-hydrogen) atoms. The third kappa shape index (κ3) is 6.05. The van der Waals surface area contributed by atoms with E-state index in [-0.39, 0.29) is 11.1 Å². The zero-order chi connectivity index (χ0) is 13.4. The van der Waals surface area contributed by atoms with Gasteiger partial charge in [0.1, 0.15) is 5.54 Å². The molecule has 0 rings (SSSR count). The second-order valence-corrected chi connectivity index (χ2v) is 5.14. The minimum absolute atomic E-state index is 0.0420. The minimum atomic E-state index is -0.367. The lowest BCUT2D eigenvalue weighted by atomic mass is 9.92. The maximum Gasteiger partial charge on any atom is 0.106 e. The van der Waals surface area contributed by atoms with Crippen molar-refractivity contribution in [1.82, 2.24) is 5.32 Å². The lowest BCUT2D eigenvalue weighted by Gasteiger charge is -2.28. The number of rotatable bonds is 9. The highest BCUT2D eigenvalue weighted by Gasteiger charge is 2.26. The SMILES string of the molecule is CCNC(C#N)(CC)CCCOC(C)(C)CC. The molecule has 1 N–H and O–H groups in total. The highest BCUT2D eigenvalue weighted by Crippen LogP contribution is 2.19. The molecular formula is C14H28N2O. The van der Waals surface area contributed by atoms with Gasteiger partial charge in [0, 0.05) is 6.61 Å². The largest absolute Gasteiger partial charge is 0.376 e. The lowest BCUT2D eigenvalue weighted by molar-refractivity contribution is -0.0229. The quantitative estimate of drug-likeness (QED) is 0.629. The van der Waals surface area contributed by atoms with E-state index in [1.54, 1.807) is 0 Å². The van der Waals surface area contributed by atoms with Crippen LogP contribution in [0.2, 0.25) is 0 Å². The Bertz CT molecular complexity index is 245. The zero-order valence-electron chi connectivity index (χ0n) is 12.1. The summed E-state index contributed by atoms with van der Waals surface area (Å²) in [7, 11) is 0. The fourth-order valence-electron chi connectivity index (χ4n) is 1.73. The van der Waals surface area contributed by atoms with Crippen LogP contribution in [0.25, 0.3) is 0 Å². The molecule has 0 aromatic rings. The van der Waals surface area contributed by atoms with Gasteiger partial charge in [-0.05, 0) is 46.1 Å². The van der Waals surface area contributed by atoms with E-state index < -0.39 is 0 Å². The van der Waals surface area contributed by atoms with Crippen LogP contribution in [0.1, 0.15) is 60.3 Å². The lowest BCUT2D eigenvalue weighted by Crippen LogP contribution is -2.43. The van der Waals surface area contributed by atoms with Gasteiger partial charge in [0.15, 0.2) is 0 Å². The van der Waals surface area contributed by atoms with Gasteiger partial charge in [-0.1, -0.05) is 20.8 Å². The summed E-state index contributed by atoms with van der Waals surface area (Å²) in [5, 5.41) is 12.6. The number of hydrogen-bond acceptors (Lipinski definition) is 3. The summed E-state index contributed by atoms with van der Waals surface area (Å²) in [6, 6.07) is 2.41. The average Bonchev–Trinajstić information content (AvgIpc) is 2.33. The molecule has 0 radical (unpaired) electrons. The zero-order valence-corrected chi connectivity index (χ0v) is 12.1. The van der Waals surface area contributed by atoms with E-state index in [2.05, 4.69) is 39.1 Å². The number of ether oxygens (including phenoxy) is 1. The number of nitrogens with one attached hydrogen (secondary N) is 1. The van der Waals surface area contributed by atoms with Crippen molar-refractivity contribution in [2.45, 2.75) is 71.4 Å². The third-order valence-electron chi connectivity index (χ3n) is 3.42. The van der Waals surface area contributed by atoms with Crippen LogP contribution in [-0.4, -0.2) is 24.3 Å². The first-order valence-electron chi connectivity index (χ1n) is 6.75. The van der Waals surface area contributed by atoms with Gasteiger partial charge in [-0.3, -0.25) is 5.32 Å². The van der Waals surface area contributed by atoms with E-state index >= 15 is 0 Å². The Balaban J connectivity index is 4.04. The fourth-order valence-corrected chi connectivity index (χ4v) is 1.73. The van der Waals surface area contributed by atoms with E-state index in [0.717, 1.165) is 38.8 Å². The van der Waals surface area contributed by atoms with E-state index in [1.165, 1.54) is 0 Å². The molecule has 0 spiro atoms. The first kappa shape index (κ1) is 16.4. The summed E-state index contributed by atoms with van der Waals surface area (Å²) in [5.74, 6) is 0. The molecule has 1 atom stereocenters. The van der Waals surface area contributed by atoms with E-state index in [4.69, 9.17) is 4.74 Å². The molecule has 0 aromatic carbocycles. The van der Waals surface area contributed by atoms with Gasteiger partial charge in [-0.15, -0.1) is 0 Å². The van der Waals surface area contributed by atoms with Crippen LogP contribution in [0.5, 0.6) is 0 Å². The van der Waals surface area contributed by atoms with Gasteiger partial charge in [0.05, 0.1) is 11.7 Å². The Morgan fingerprint density at radius 3 is 2.24 bits per heavy atom. The third-order valence-corrected chi connectivity index (χ3v) is 3.42. The molecule has 0 saturated heterocycles. The molecule has 0 saturated carbocycles. The van der Waals surface area contributed by atoms with Crippen molar-refractivity contribution in [3.05, 3.63) is 0 Å². The molecule has 0 heterocycles. The summed E-state index contributed by atoms with van der Waals surface area (Å²) >= 11 is 0. The van der Waals surface area contributed by atoms with Gasteiger partial charge in [0.25, 0.3) is 0 Å². The Labute approximate surface area is 107 Å². The predicted octanol–water partition coefficient (Wildman–Crippen LogP) is 3.25. The molecule has 0 amide bonds. The summed E-state index contributed by atoms with van der Waals surface area (Å²) in [4.78, 5) is 0. The number of nitriles is 1. The highest BCUT2D eigenvalue weighted by molar-refractivity contribution is 5.05. The first-order chi connectivity index (χ1) is 7.95. The number of hydrogen-bond donors (Lipinski definition) is 1. The van der Waals surface area contributed by atoms with Crippen molar-refractivity contribution < 1.29 is 4.74 Å². The smallest absolute Gasteiger partial charge is 0.106 e. The monoisotopic (exact) mass is 240 g/mol. The van der Waals surface area contributed by atoms with Gasteiger partial charge >= 0.3 is 0 Å². The van der Waals surface area contributed by atoms with Gasteiger partial charge in [-0.25, -0.2) is 0 Å². The van der Waals surface area contributed by atoms with Crippen LogP contribution in [0, 0.1) is 11.3 Å². The van der Waals surface area contributed by atoms with Gasteiger partial charge in [0.2, 0.25) is 0 Å². The maximum atomic E-state index is 9.26. The van der Waals surface area contributed by atoms with E-state index in [9.17, 15) is 5.26 Å². The second kappa shape index (κ2) is 7.68. The molecule has 0 aliphatic rings. The second-order valence-electron chi connectivity index (χ2n) is 5.14. The van der Waals surface area contributed by atoms with Crippen LogP contribution < -0.4 is 5.32 Å². The minimum Gasteiger partial charge on any atom is -0.376 e. The molecule has 3 heteroatoms. The fraction of sp³-hybridized carbons (Fsp3) is 0.929. The molecular weight excluding hydrogens is 212 g/mol. The van der Waals surface area contributed by atoms with Crippen LogP contribution in [0.15, 0.2) is 0 Å². The van der Waals surface area contributed by atoms with Gasteiger partial charge in [-0.2, -0.15) is 5.26 Å². The van der Waals surface area contributed by atoms with Crippen molar-refractivity contribution in [3.63, 3.8) is 0 Å². The Morgan fingerprint density at radius 2 is 1.82 bits per heavy atom. The molecule has 0 aromatic heterocycles. The normalized spacial score (nSPS) is 15.3. The van der Waals surface area contributed by atoms with Crippen molar-refractivity contribution in [3.8, 4) is 6.07 Å². The molecule has 0 fully saturated rings. The Hall–Kier alpha value is -0.590. The summed E-state index contributed by atoms with van der Waals surface area (Å²) < 4.78 is 5.80. The van der Waals surface area contributed by atoms with Crippen LogP contribution in [-0.2, 0) is 4.74 Å². The van der Waals surface area contributed by atoms with E-state index in [0.29, 0.717) is 0 Å². The van der Waals surface area contributed by atoms with Crippen molar-refractivity contribution >= 4 is 0 Å². The predicted molar refractivity (Wildman–Crippen MR) is 71.9 cm³/mol. The molecule has 100 valence electrons. The summed E-state index contributed by atoms with van der Waals surface area (Å²) in [5.41, 5.74) is -0.409. The average molecular weight is 240 g/mol. The van der Waals surface area contributed by atoms with Crippen molar-refractivity contribution in [2.24, 2.45) is 0 Å². The van der Waals surface area contributed by atoms with Crippen LogP contribution in [0.3, 0.4) is 0 Å². The van der Waals surface area contributed by atoms with Crippen LogP contribution >= 0.6 is 0 Å². The topological polar surface area (TPSA) is 45.0 Å². The maximum absolute atomic E-state index is 9.26. The van der Waals surface area contributed by atoms with Crippen molar-refractivity contribution in [1.29, 1.82) is 5.26 Å². The Morgan fingerprint density at radius 1 is 1.18 bits per heavy atom. The first-order valence-corrected chi connectivity index (χ1v) is 6.75. The standard InChI is InChI=1S/C14H28N2O/c1-6-13(4,5)17-11-9-10-14(7-2,12-15)16-8-3/h16H,6-11H2,1-5H3. The highest BCUT2D eigenvalue weighted by atomic mass is 16.5. The van der Waals surface area contributed by atoms with Crippen LogP contribution in [0.4, 0.5) is 0 Å². The molecule has 0 aliphatic heterocycles. The molecule has 0 bridgehead atoms. The number of nitrogens with zero attached hydrogens (tertiary/aromatic N) is 1. The van der Waals surface area contributed by atoms with E-state index in [1.807, 2.05) is 6.92 Å². The molecule has 0 aliphatic carbocycles. The van der Waals surface area contributed by atoms with Crippen molar-refractivity contribution in [2.75, 3.05) is 13.2 Å². The molecule has 1 unspecified atom stereocenters.